The Bertz CT molecular complexity index is 561. The number of carboxylic acids is 1. The largest absolute Gasteiger partial charge is 0.477 e. The molecule has 0 saturated heterocycles. The van der Waals surface area contributed by atoms with Gasteiger partial charge >= 0.3 is 12.1 Å². The second-order valence-corrected chi connectivity index (χ2v) is 4.01. The predicted molar refractivity (Wildman–Crippen MR) is 51.6 cm³/mol. The summed E-state index contributed by atoms with van der Waals surface area (Å²) in [5.41, 5.74) is -1.47. The molecule has 0 aliphatic heterocycles. The second-order valence-electron chi connectivity index (χ2n) is 2.96. The summed E-state index contributed by atoms with van der Waals surface area (Å²) in [6, 6.07) is 2.87. The molecule has 3 nitrogen and oxygen atoms in total. The first-order valence-electron chi connectivity index (χ1n) is 4.09. The number of hydrogen-bond donors (Lipinski definition) is 1. The lowest BCUT2D eigenvalue weighted by Crippen LogP contribution is -2.10. The molecule has 2 aromatic rings. The molecule has 0 aliphatic rings. The standard InChI is InChI=1S/C9H4F3NO2S/c10-9(11,12)5-6-4(2-1-3-13-6)16-7(5)8(14)15/h1-3H,(H,14,15). The molecule has 0 bridgehead atoms. The molecule has 2 rings (SSSR count). The van der Waals surface area contributed by atoms with Crippen molar-refractivity contribution < 1.29 is 23.1 Å². The van der Waals surface area contributed by atoms with Gasteiger partial charge in [-0.2, -0.15) is 13.2 Å². The van der Waals surface area contributed by atoms with Crippen LogP contribution in [0, 0.1) is 0 Å². The fraction of sp³-hybridized carbons (Fsp3) is 0.111. The highest BCUT2D eigenvalue weighted by Gasteiger charge is 2.39. The number of fused-ring (bicyclic) bond motifs is 1. The van der Waals surface area contributed by atoms with Crippen LogP contribution in [0.4, 0.5) is 13.2 Å². The summed E-state index contributed by atoms with van der Waals surface area (Å²) in [4.78, 5) is 13.6. The fourth-order valence-corrected chi connectivity index (χ4v) is 2.36. The van der Waals surface area contributed by atoms with Crippen LogP contribution in [0.5, 0.6) is 0 Å². The molecular formula is C9H4F3NO2S. The van der Waals surface area contributed by atoms with Crippen molar-refractivity contribution in [3.63, 3.8) is 0 Å². The minimum Gasteiger partial charge on any atom is -0.477 e. The van der Waals surface area contributed by atoms with E-state index in [9.17, 15) is 18.0 Å². The molecule has 0 unspecified atom stereocenters. The van der Waals surface area contributed by atoms with Gasteiger partial charge in [-0.3, -0.25) is 4.98 Å². The summed E-state index contributed by atoms with van der Waals surface area (Å²) < 4.78 is 38.2. The van der Waals surface area contributed by atoms with Crippen molar-refractivity contribution >= 4 is 27.5 Å². The Kier molecular flexibility index (Phi) is 2.34. The molecule has 0 atom stereocenters. The van der Waals surface area contributed by atoms with Gasteiger partial charge in [0, 0.05) is 6.20 Å². The van der Waals surface area contributed by atoms with Crippen molar-refractivity contribution in [3.05, 3.63) is 28.8 Å². The number of carboxylic acid groups (broad SMARTS) is 1. The Morgan fingerprint density at radius 2 is 2.12 bits per heavy atom. The Labute approximate surface area is 91.2 Å². The maximum atomic E-state index is 12.7. The maximum absolute atomic E-state index is 12.7. The third-order valence-corrected chi connectivity index (χ3v) is 3.06. The average molecular weight is 247 g/mol. The van der Waals surface area contributed by atoms with Crippen LogP contribution in [-0.2, 0) is 6.18 Å². The average Bonchev–Trinajstić information content (AvgIpc) is 2.55. The molecule has 0 radical (unpaired) electrons. The first kappa shape index (κ1) is 10.9. The number of pyridine rings is 1. The summed E-state index contributed by atoms with van der Waals surface area (Å²) in [5, 5.41) is 8.71. The highest BCUT2D eigenvalue weighted by atomic mass is 32.1. The Hall–Kier alpha value is -1.63. The zero-order chi connectivity index (χ0) is 11.9. The van der Waals surface area contributed by atoms with Gasteiger partial charge in [-0.05, 0) is 12.1 Å². The van der Waals surface area contributed by atoms with Gasteiger partial charge in [0.05, 0.1) is 10.2 Å². The quantitative estimate of drug-likeness (QED) is 0.842. The van der Waals surface area contributed by atoms with Gasteiger partial charge in [0.25, 0.3) is 0 Å². The van der Waals surface area contributed by atoms with Crippen LogP contribution in [0.3, 0.4) is 0 Å². The first-order chi connectivity index (χ1) is 7.41. The minimum absolute atomic E-state index is 0.215. The monoisotopic (exact) mass is 247 g/mol. The van der Waals surface area contributed by atoms with Crippen molar-refractivity contribution in [2.45, 2.75) is 6.18 Å². The van der Waals surface area contributed by atoms with Crippen molar-refractivity contribution in [2.75, 3.05) is 0 Å². The van der Waals surface area contributed by atoms with E-state index in [1.165, 1.54) is 18.3 Å². The third kappa shape index (κ3) is 1.63. The lowest BCUT2D eigenvalue weighted by Gasteiger charge is -2.05. The van der Waals surface area contributed by atoms with E-state index in [4.69, 9.17) is 5.11 Å². The van der Waals surface area contributed by atoms with Gasteiger partial charge in [0.15, 0.2) is 0 Å². The van der Waals surface area contributed by atoms with Crippen molar-refractivity contribution in [1.82, 2.24) is 4.98 Å². The zero-order valence-corrected chi connectivity index (χ0v) is 8.39. The smallest absolute Gasteiger partial charge is 0.420 e. The zero-order valence-electron chi connectivity index (χ0n) is 7.58. The fourth-order valence-electron chi connectivity index (χ4n) is 1.34. The van der Waals surface area contributed by atoms with Gasteiger partial charge in [-0.1, -0.05) is 0 Å². The molecule has 84 valence electrons. The number of rotatable bonds is 1. The Morgan fingerprint density at radius 1 is 1.44 bits per heavy atom. The van der Waals surface area contributed by atoms with Gasteiger partial charge < -0.3 is 5.11 Å². The summed E-state index contributed by atoms with van der Waals surface area (Å²) in [5.74, 6) is -1.59. The first-order valence-corrected chi connectivity index (χ1v) is 4.91. The topological polar surface area (TPSA) is 50.2 Å². The molecule has 2 heterocycles. The van der Waals surface area contributed by atoms with Gasteiger partial charge in [-0.15, -0.1) is 11.3 Å². The highest BCUT2D eigenvalue weighted by Crippen LogP contribution is 2.41. The summed E-state index contributed by atoms with van der Waals surface area (Å²) >= 11 is 0.577. The molecule has 1 N–H and O–H groups in total. The summed E-state index contributed by atoms with van der Waals surface area (Å²) in [6.45, 7) is 0. The van der Waals surface area contributed by atoms with Crippen LogP contribution < -0.4 is 0 Å². The molecule has 0 aromatic carbocycles. The number of thiophene rings is 1. The van der Waals surface area contributed by atoms with Crippen LogP contribution in [-0.4, -0.2) is 16.1 Å². The summed E-state index contributed by atoms with van der Waals surface area (Å²) in [7, 11) is 0. The molecule has 0 aliphatic carbocycles. The van der Waals surface area contributed by atoms with E-state index in [0.717, 1.165) is 0 Å². The molecule has 0 saturated carbocycles. The van der Waals surface area contributed by atoms with Gasteiger partial charge in [0.2, 0.25) is 0 Å². The number of aromatic nitrogens is 1. The van der Waals surface area contributed by atoms with Crippen LogP contribution in [0.15, 0.2) is 18.3 Å². The SMILES string of the molecule is O=C(O)c1sc2cccnc2c1C(F)(F)F. The number of nitrogens with zero attached hydrogens (tertiary/aromatic N) is 1. The van der Waals surface area contributed by atoms with E-state index >= 15 is 0 Å². The maximum Gasteiger partial charge on any atom is 0.420 e. The predicted octanol–water partition coefficient (Wildman–Crippen LogP) is 3.01. The van der Waals surface area contributed by atoms with Crippen LogP contribution in [0.1, 0.15) is 15.2 Å². The molecular weight excluding hydrogens is 243 g/mol. The normalized spacial score (nSPS) is 11.9. The van der Waals surface area contributed by atoms with E-state index in [1.807, 2.05) is 0 Å². The van der Waals surface area contributed by atoms with Crippen LogP contribution in [0.2, 0.25) is 0 Å². The van der Waals surface area contributed by atoms with E-state index < -0.39 is 22.6 Å². The highest BCUT2D eigenvalue weighted by molar-refractivity contribution is 7.20. The molecule has 0 fully saturated rings. The minimum atomic E-state index is -4.71. The van der Waals surface area contributed by atoms with E-state index in [0.29, 0.717) is 11.3 Å². The van der Waals surface area contributed by atoms with Gasteiger partial charge in [0.1, 0.15) is 10.4 Å². The Balaban J connectivity index is 2.85. The number of alkyl halides is 3. The van der Waals surface area contributed by atoms with Crippen LogP contribution in [0.25, 0.3) is 10.2 Å². The molecule has 7 heteroatoms. The lowest BCUT2D eigenvalue weighted by molar-refractivity contribution is -0.136. The number of carbonyl (C=O) groups is 1. The van der Waals surface area contributed by atoms with Crippen LogP contribution >= 0.6 is 11.3 Å². The Morgan fingerprint density at radius 3 is 2.69 bits per heavy atom. The van der Waals surface area contributed by atoms with Crippen molar-refractivity contribution in [2.24, 2.45) is 0 Å². The number of aromatic carboxylic acids is 1. The third-order valence-electron chi connectivity index (χ3n) is 1.92. The molecule has 2 aromatic heterocycles. The number of hydrogen-bond acceptors (Lipinski definition) is 3. The van der Waals surface area contributed by atoms with Gasteiger partial charge in [-0.25, -0.2) is 4.79 Å². The summed E-state index contributed by atoms with van der Waals surface area (Å²) in [6.07, 6.45) is -3.50. The van der Waals surface area contributed by atoms with Crippen molar-refractivity contribution in [3.8, 4) is 0 Å². The van der Waals surface area contributed by atoms with Crippen molar-refractivity contribution in [1.29, 1.82) is 0 Å². The second kappa shape index (κ2) is 3.44. The number of halogens is 3. The molecule has 0 amide bonds. The van der Waals surface area contributed by atoms with E-state index in [2.05, 4.69) is 4.98 Å². The molecule has 0 spiro atoms. The molecule has 16 heavy (non-hydrogen) atoms. The van der Waals surface area contributed by atoms with E-state index in [-0.39, 0.29) is 10.2 Å². The lowest BCUT2D eigenvalue weighted by atomic mass is 10.2. The van der Waals surface area contributed by atoms with E-state index in [1.54, 1.807) is 0 Å².